The molecular formula is C19H24N2O4. The van der Waals surface area contributed by atoms with Gasteiger partial charge in [-0.25, -0.2) is 4.79 Å². The van der Waals surface area contributed by atoms with Crippen LogP contribution in [0.4, 0.5) is 0 Å². The van der Waals surface area contributed by atoms with Crippen LogP contribution in [0.5, 0.6) is 5.75 Å². The quantitative estimate of drug-likeness (QED) is 0.844. The van der Waals surface area contributed by atoms with Gasteiger partial charge in [-0.2, -0.15) is 0 Å². The molecule has 0 fully saturated rings. The summed E-state index contributed by atoms with van der Waals surface area (Å²) < 4.78 is 7.34. The summed E-state index contributed by atoms with van der Waals surface area (Å²) in [6.07, 6.45) is 0. The molecule has 1 unspecified atom stereocenters. The lowest BCUT2D eigenvalue weighted by atomic mass is 10.0. The van der Waals surface area contributed by atoms with E-state index in [1.807, 2.05) is 42.7 Å². The molecule has 1 aromatic heterocycles. The predicted octanol–water partition coefficient (Wildman–Crippen LogP) is 2.94. The Morgan fingerprint density at radius 3 is 2.40 bits per heavy atom. The molecule has 6 heteroatoms. The van der Waals surface area contributed by atoms with Gasteiger partial charge >= 0.3 is 5.97 Å². The smallest absolute Gasteiger partial charge is 0.326 e. The van der Waals surface area contributed by atoms with Crippen LogP contribution in [0.15, 0.2) is 30.3 Å². The molecule has 134 valence electrons. The number of aromatic nitrogens is 1. The van der Waals surface area contributed by atoms with Crippen LogP contribution in [-0.2, 0) is 4.79 Å². The highest BCUT2D eigenvalue weighted by Gasteiger charge is 2.26. The van der Waals surface area contributed by atoms with Crippen molar-refractivity contribution in [2.24, 2.45) is 5.92 Å². The largest absolute Gasteiger partial charge is 0.495 e. The highest BCUT2D eigenvalue weighted by molar-refractivity contribution is 5.98. The summed E-state index contributed by atoms with van der Waals surface area (Å²) in [5.74, 6) is -0.946. The molecule has 2 N–H and O–H groups in total. The molecular weight excluding hydrogens is 320 g/mol. The number of benzene rings is 1. The number of hydrogen-bond acceptors (Lipinski definition) is 3. The van der Waals surface area contributed by atoms with Crippen molar-refractivity contribution in [1.82, 2.24) is 9.88 Å². The first-order valence-corrected chi connectivity index (χ1v) is 8.14. The van der Waals surface area contributed by atoms with Gasteiger partial charge in [-0.15, -0.1) is 0 Å². The van der Waals surface area contributed by atoms with Gasteiger partial charge in [0.25, 0.3) is 5.91 Å². The number of methoxy groups -OCH3 is 1. The molecule has 0 aliphatic rings. The standard InChI is InChI=1S/C19H24N2O4/c1-11(2)17(19(23)24)20-18(22)14-10-12(3)21(13(14)4)15-8-6-7-9-16(15)25-5/h6-11,17H,1-5H3,(H,20,22)(H,23,24). The Morgan fingerprint density at radius 1 is 1.20 bits per heavy atom. The number of ether oxygens (including phenoxy) is 1. The lowest BCUT2D eigenvalue weighted by molar-refractivity contribution is -0.140. The summed E-state index contributed by atoms with van der Waals surface area (Å²) in [6, 6.07) is 8.37. The maximum atomic E-state index is 12.6. The van der Waals surface area contributed by atoms with E-state index < -0.39 is 17.9 Å². The first-order chi connectivity index (χ1) is 11.8. The molecule has 0 aliphatic heterocycles. The topological polar surface area (TPSA) is 80.6 Å². The van der Waals surface area contributed by atoms with Gasteiger partial charge in [0.15, 0.2) is 0 Å². The van der Waals surface area contributed by atoms with Crippen molar-refractivity contribution in [1.29, 1.82) is 0 Å². The van der Waals surface area contributed by atoms with Crippen LogP contribution >= 0.6 is 0 Å². The minimum absolute atomic E-state index is 0.209. The summed E-state index contributed by atoms with van der Waals surface area (Å²) in [5.41, 5.74) is 2.88. The van der Waals surface area contributed by atoms with Crippen LogP contribution in [0.2, 0.25) is 0 Å². The van der Waals surface area contributed by atoms with E-state index in [2.05, 4.69) is 5.32 Å². The Morgan fingerprint density at radius 2 is 1.84 bits per heavy atom. The van der Waals surface area contributed by atoms with Crippen molar-refractivity contribution in [2.45, 2.75) is 33.7 Å². The molecule has 0 bridgehead atoms. The molecule has 1 amide bonds. The van der Waals surface area contributed by atoms with E-state index >= 15 is 0 Å². The van der Waals surface area contributed by atoms with Crippen LogP contribution in [0, 0.1) is 19.8 Å². The third-order valence-electron chi connectivity index (χ3n) is 4.22. The lowest BCUT2D eigenvalue weighted by Crippen LogP contribution is -2.44. The maximum Gasteiger partial charge on any atom is 0.326 e. The predicted molar refractivity (Wildman–Crippen MR) is 95.5 cm³/mol. The molecule has 0 spiro atoms. The Balaban J connectivity index is 2.42. The first kappa shape index (κ1) is 18.6. The number of aryl methyl sites for hydroxylation is 1. The third-order valence-corrected chi connectivity index (χ3v) is 4.22. The molecule has 6 nitrogen and oxygen atoms in total. The lowest BCUT2D eigenvalue weighted by Gasteiger charge is -2.18. The second kappa shape index (κ2) is 7.42. The summed E-state index contributed by atoms with van der Waals surface area (Å²) in [4.78, 5) is 24.0. The van der Waals surface area contributed by atoms with E-state index in [1.54, 1.807) is 27.0 Å². The second-order valence-corrected chi connectivity index (χ2v) is 6.33. The monoisotopic (exact) mass is 344 g/mol. The number of carbonyl (C=O) groups excluding carboxylic acids is 1. The van der Waals surface area contributed by atoms with Gasteiger partial charge in [0.05, 0.1) is 18.4 Å². The number of aliphatic carboxylic acids is 1. The minimum Gasteiger partial charge on any atom is -0.495 e. The van der Waals surface area contributed by atoms with E-state index in [0.29, 0.717) is 11.3 Å². The Labute approximate surface area is 147 Å². The Bertz CT molecular complexity index is 793. The molecule has 25 heavy (non-hydrogen) atoms. The van der Waals surface area contributed by atoms with Gasteiger partial charge in [-0.1, -0.05) is 26.0 Å². The SMILES string of the molecule is COc1ccccc1-n1c(C)cc(C(=O)NC(C(=O)O)C(C)C)c1C. The van der Waals surface area contributed by atoms with Crippen molar-refractivity contribution in [3.8, 4) is 11.4 Å². The molecule has 1 heterocycles. The molecule has 0 saturated carbocycles. The average Bonchev–Trinajstić information content (AvgIpc) is 2.86. The normalized spacial score (nSPS) is 12.1. The number of amides is 1. The van der Waals surface area contributed by atoms with E-state index in [9.17, 15) is 14.7 Å². The van der Waals surface area contributed by atoms with Crippen LogP contribution in [0.3, 0.4) is 0 Å². The van der Waals surface area contributed by atoms with Gasteiger partial charge in [-0.05, 0) is 38.0 Å². The Kier molecular flexibility index (Phi) is 5.51. The number of nitrogens with one attached hydrogen (secondary N) is 1. The molecule has 1 atom stereocenters. The van der Waals surface area contributed by atoms with Crippen LogP contribution in [0.25, 0.3) is 5.69 Å². The van der Waals surface area contributed by atoms with Crippen molar-refractivity contribution in [3.63, 3.8) is 0 Å². The number of carboxylic acid groups (broad SMARTS) is 1. The van der Waals surface area contributed by atoms with E-state index in [4.69, 9.17) is 4.74 Å². The molecule has 2 aromatic rings. The maximum absolute atomic E-state index is 12.6. The number of carboxylic acids is 1. The summed E-state index contributed by atoms with van der Waals surface area (Å²) in [5, 5.41) is 11.9. The van der Waals surface area contributed by atoms with Gasteiger partial charge in [0.2, 0.25) is 0 Å². The van der Waals surface area contributed by atoms with Crippen molar-refractivity contribution in [3.05, 3.63) is 47.3 Å². The van der Waals surface area contributed by atoms with Gasteiger partial charge in [-0.3, -0.25) is 4.79 Å². The molecule has 0 saturated heterocycles. The summed E-state index contributed by atoms with van der Waals surface area (Å²) in [7, 11) is 1.60. The van der Waals surface area contributed by atoms with Gasteiger partial charge in [0, 0.05) is 11.4 Å². The molecule has 1 aromatic carbocycles. The van der Waals surface area contributed by atoms with E-state index in [0.717, 1.165) is 17.1 Å². The second-order valence-electron chi connectivity index (χ2n) is 6.33. The molecule has 2 rings (SSSR count). The van der Waals surface area contributed by atoms with E-state index in [-0.39, 0.29) is 5.92 Å². The fourth-order valence-electron chi connectivity index (χ4n) is 2.91. The van der Waals surface area contributed by atoms with Gasteiger partial charge in [0.1, 0.15) is 11.8 Å². The average molecular weight is 344 g/mol. The molecule has 0 radical (unpaired) electrons. The van der Waals surface area contributed by atoms with E-state index in [1.165, 1.54) is 0 Å². The number of hydrogen-bond donors (Lipinski definition) is 2. The van der Waals surface area contributed by atoms with Crippen molar-refractivity contribution >= 4 is 11.9 Å². The third kappa shape index (κ3) is 3.68. The highest BCUT2D eigenvalue weighted by Crippen LogP contribution is 2.28. The summed E-state index contributed by atoms with van der Waals surface area (Å²) in [6.45, 7) is 7.25. The van der Waals surface area contributed by atoms with Crippen molar-refractivity contribution < 1.29 is 19.4 Å². The minimum atomic E-state index is -1.04. The van der Waals surface area contributed by atoms with Gasteiger partial charge < -0.3 is 19.7 Å². The molecule has 0 aliphatic carbocycles. The highest BCUT2D eigenvalue weighted by atomic mass is 16.5. The summed E-state index contributed by atoms with van der Waals surface area (Å²) >= 11 is 0. The Hall–Kier alpha value is -2.76. The van der Waals surface area contributed by atoms with Crippen molar-refractivity contribution in [2.75, 3.05) is 7.11 Å². The number of nitrogens with zero attached hydrogens (tertiary/aromatic N) is 1. The zero-order valence-corrected chi connectivity index (χ0v) is 15.2. The van der Waals surface area contributed by atoms with Crippen LogP contribution < -0.4 is 10.1 Å². The van der Waals surface area contributed by atoms with Crippen LogP contribution in [0.1, 0.15) is 35.6 Å². The first-order valence-electron chi connectivity index (χ1n) is 8.14. The fourth-order valence-corrected chi connectivity index (χ4v) is 2.91. The fraction of sp³-hybridized carbons (Fsp3) is 0.368. The number of rotatable bonds is 6. The number of para-hydroxylation sites is 2. The number of carbonyl (C=O) groups is 2. The van der Waals surface area contributed by atoms with Crippen LogP contribution in [-0.4, -0.2) is 34.7 Å². The zero-order chi connectivity index (χ0) is 18.7. The zero-order valence-electron chi connectivity index (χ0n) is 15.2.